The van der Waals surface area contributed by atoms with E-state index in [1.165, 1.54) is 31.3 Å². The van der Waals surface area contributed by atoms with Crippen LogP contribution in [-0.2, 0) is 4.79 Å². The molecule has 0 bridgehead atoms. The summed E-state index contributed by atoms with van der Waals surface area (Å²) in [6, 6.07) is 0. The van der Waals surface area contributed by atoms with Crippen LogP contribution in [-0.4, -0.2) is 34.0 Å². The number of amides is 1. The second-order valence-corrected chi connectivity index (χ2v) is 7.00. The second-order valence-electron chi connectivity index (χ2n) is 7.00. The van der Waals surface area contributed by atoms with Crippen molar-refractivity contribution in [2.24, 2.45) is 11.8 Å². The van der Waals surface area contributed by atoms with Crippen molar-refractivity contribution >= 4 is 5.91 Å². The molecule has 1 unspecified atom stereocenters. The average molecular weight is 301 g/mol. The SMILES string of the molecule is Cc1noc(C2CCCN(C(=O)C=C(C3CC3)C3CC3)C2)n1. The van der Waals surface area contributed by atoms with Crippen LogP contribution >= 0.6 is 0 Å². The quantitative estimate of drug-likeness (QED) is 0.802. The highest BCUT2D eigenvalue weighted by atomic mass is 16.5. The summed E-state index contributed by atoms with van der Waals surface area (Å²) in [6.45, 7) is 3.39. The van der Waals surface area contributed by atoms with Gasteiger partial charge in [-0.3, -0.25) is 4.79 Å². The number of nitrogens with zero attached hydrogens (tertiary/aromatic N) is 3. The number of hydrogen-bond donors (Lipinski definition) is 0. The van der Waals surface area contributed by atoms with E-state index in [0.717, 1.165) is 19.4 Å². The highest BCUT2D eigenvalue weighted by Crippen LogP contribution is 2.48. The van der Waals surface area contributed by atoms with Crippen molar-refractivity contribution in [3.8, 4) is 0 Å². The Balaban J connectivity index is 1.45. The van der Waals surface area contributed by atoms with Gasteiger partial charge in [0.1, 0.15) is 0 Å². The fraction of sp³-hybridized carbons (Fsp3) is 0.706. The Labute approximate surface area is 130 Å². The summed E-state index contributed by atoms with van der Waals surface area (Å²) >= 11 is 0. The molecule has 1 atom stereocenters. The molecule has 1 aliphatic heterocycles. The molecule has 1 amide bonds. The van der Waals surface area contributed by atoms with Crippen molar-refractivity contribution < 1.29 is 9.32 Å². The van der Waals surface area contributed by atoms with Gasteiger partial charge in [-0.05, 0) is 57.3 Å². The van der Waals surface area contributed by atoms with E-state index in [1.807, 2.05) is 17.9 Å². The van der Waals surface area contributed by atoms with Crippen molar-refractivity contribution in [2.75, 3.05) is 13.1 Å². The number of piperidine rings is 1. The van der Waals surface area contributed by atoms with Crippen LogP contribution in [0.25, 0.3) is 0 Å². The first-order valence-corrected chi connectivity index (χ1v) is 8.51. The fourth-order valence-electron chi connectivity index (χ4n) is 3.49. The molecule has 1 aromatic heterocycles. The summed E-state index contributed by atoms with van der Waals surface area (Å²) in [5.74, 6) is 3.14. The lowest BCUT2D eigenvalue weighted by Gasteiger charge is -2.30. The van der Waals surface area contributed by atoms with Gasteiger partial charge in [-0.15, -0.1) is 0 Å². The lowest BCUT2D eigenvalue weighted by molar-refractivity contribution is -0.127. The lowest BCUT2D eigenvalue weighted by atomic mass is 9.97. The molecule has 0 radical (unpaired) electrons. The Morgan fingerprint density at radius 3 is 2.55 bits per heavy atom. The molecule has 4 rings (SSSR count). The molecule has 5 nitrogen and oxygen atoms in total. The van der Waals surface area contributed by atoms with Crippen molar-refractivity contribution in [3.63, 3.8) is 0 Å². The maximum Gasteiger partial charge on any atom is 0.246 e. The van der Waals surface area contributed by atoms with E-state index in [2.05, 4.69) is 10.1 Å². The third-order valence-corrected chi connectivity index (χ3v) is 5.01. The van der Waals surface area contributed by atoms with Crippen molar-refractivity contribution in [3.05, 3.63) is 23.4 Å². The van der Waals surface area contributed by atoms with Gasteiger partial charge in [0, 0.05) is 19.2 Å². The number of carbonyl (C=O) groups is 1. The van der Waals surface area contributed by atoms with Gasteiger partial charge in [0.15, 0.2) is 5.82 Å². The van der Waals surface area contributed by atoms with Crippen molar-refractivity contribution in [2.45, 2.75) is 51.4 Å². The van der Waals surface area contributed by atoms with E-state index >= 15 is 0 Å². The Bertz CT molecular complexity index is 585. The fourth-order valence-corrected chi connectivity index (χ4v) is 3.49. The molecule has 3 fully saturated rings. The molecule has 2 aliphatic carbocycles. The van der Waals surface area contributed by atoms with Gasteiger partial charge in [0.05, 0.1) is 5.92 Å². The maximum absolute atomic E-state index is 12.6. The Hall–Kier alpha value is -1.65. The molecule has 3 aliphatic rings. The van der Waals surface area contributed by atoms with Gasteiger partial charge >= 0.3 is 0 Å². The molecule has 0 spiro atoms. The number of likely N-dealkylation sites (tertiary alicyclic amines) is 1. The first kappa shape index (κ1) is 14.0. The van der Waals surface area contributed by atoms with Gasteiger partial charge in [-0.1, -0.05) is 10.7 Å². The summed E-state index contributed by atoms with van der Waals surface area (Å²) < 4.78 is 5.29. The summed E-state index contributed by atoms with van der Waals surface area (Å²) in [5.41, 5.74) is 1.43. The number of allylic oxidation sites excluding steroid dienone is 1. The average Bonchev–Trinajstić information content (AvgIpc) is 3.44. The summed E-state index contributed by atoms with van der Waals surface area (Å²) in [4.78, 5) is 18.9. The zero-order valence-corrected chi connectivity index (χ0v) is 13.1. The van der Waals surface area contributed by atoms with E-state index in [1.54, 1.807) is 0 Å². The van der Waals surface area contributed by atoms with Gasteiger partial charge in [-0.25, -0.2) is 0 Å². The summed E-state index contributed by atoms with van der Waals surface area (Å²) in [6.07, 6.45) is 9.09. The number of carbonyl (C=O) groups excluding carboxylic acids is 1. The number of aryl methyl sites for hydroxylation is 1. The predicted molar refractivity (Wildman–Crippen MR) is 81.1 cm³/mol. The zero-order chi connectivity index (χ0) is 15.1. The molecule has 118 valence electrons. The van der Waals surface area contributed by atoms with E-state index in [9.17, 15) is 4.79 Å². The van der Waals surface area contributed by atoms with Crippen LogP contribution in [0.2, 0.25) is 0 Å². The Morgan fingerprint density at radius 2 is 1.95 bits per heavy atom. The standard InChI is InChI=1S/C17H23N3O2/c1-11-18-17(22-19-11)14-3-2-8-20(10-14)16(21)9-15(12-4-5-12)13-6-7-13/h9,12-14H,2-8,10H2,1H3. The number of hydrogen-bond acceptors (Lipinski definition) is 4. The third-order valence-electron chi connectivity index (χ3n) is 5.01. The highest BCUT2D eigenvalue weighted by molar-refractivity contribution is 5.88. The van der Waals surface area contributed by atoms with Gasteiger partial charge in [0.2, 0.25) is 11.8 Å². The summed E-state index contributed by atoms with van der Waals surface area (Å²) in [5, 5.41) is 3.87. The van der Waals surface area contributed by atoms with Crippen LogP contribution in [0.15, 0.2) is 16.2 Å². The van der Waals surface area contributed by atoms with Gasteiger partial charge in [0.25, 0.3) is 0 Å². The smallest absolute Gasteiger partial charge is 0.246 e. The molecule has 0 aromatic carbocycles. The molecular weight excluding hydrogens is 278 g/mol. The van der Waals surface area contributed by atoms with E-state index in [4.69, 9.17) is 4.52 Å². The molecule has 2 saturated carbocycles. The first-order valence-electron chi connectivity index (χ1n) is 8.51. The van der Waals surface area contributed by atoms with Crippen LogP contribution < -0.4 is 0 Å². The lowest BCUT2D eigenvalue weighted by Crippen LogP contribution is -2.38. The molecule has 5 heteroatoms. The molecule has 1 aromatic rings. The molecule has 22 heavy (non-hydrogen) atoms. The van der Waals surface area contributed by atoms with E-state index in [0.29, 0.717) is 30.1 Å². The monoisotopic (exact) mass is 301 g/mol. The van der Waals surface area contributed by atoms with Crippen molar-refractivity contribution in [1.82, 2.24) is 15.0 Å². The number of aromatic nitrogens is 2. The van der Waals surface area contributed by atoms with E-state index < -0.39 is 0 Å². The summed E-state index contributed by atoms with van der Waals surface area (Å²) in [7, 11) is 0. The van der Waals surface area contributed by atoms with Crippen LogP contribution in [0.5, 0.6) is 0 Å². The predicted octanol–water partition coefficient (Wildman–Crippen LogP) is 2.83. The van der Waals surface area contributed by atoms with Crippen molar-refractivity contribution in [1.29, 1.82) is 0 Å². The molecular formula is C17H23N3O2. The van der Waals surface area contributed by atoms with Crippen LogP contribution in [0.1, 0.15) is 56.2 Å². The Morgan fingerprint density at radius 1 is 1.23 bits per heavy atom. The molecule has 2 heterocycles. The van der Waals surface area contributed by atoms with Crippen LogP contribution in [0.4, 0.5) is 0 Å². The third kappa shape index (κ3) is 2.94. The topological polar surface area (TPSA) is 59.2 Å². The van der Waals surface area contributed by atoms with Gasteiger partial charge in [-0.2, -0.15) is 4.98 Å². The first-order chi connectivity index (χ1) is 10.7. The second kappa shape index (κ2) is 5.52. The van der Waals surface area contributed by atoms with Crippen LogP contribution in [0, 0.1) is 18.8 Å². The zero-order valence-electron chi connectivity index (χ0n) is 13.1. The Kier molecular flexibility index (Phi) is 3.51. The number of rotatable bonds is 4. The largest absolute Gasteiger partial charge is 0.339 e. The molecule has 1 saturated heterocycles. The maximum atomic E-state index is 12.6. The minimum absolute atomic E-state index is 0.190. The minimum Gasteiger partial charge on any atom is -0.339 e. The van der Waals surface area contributed by atoms with E-state index in [-0.39, 0.29) is 11.8 Å². The highest BCUT2D eigenvalue weighted by Gasteiger charge is 2.37. The normalized spacial score (nSPS) is 25.1. The minimum atomic E-state index is 0.190. The van der Waals surface area contributed by atoms with Gasteiger partial charge < -0.3 is 9.42 Å². The van der Waals surface area contributed by atoms with Crippen LogP contribution in [0.3, 0.4) is 0 Å². The molecule has 0 N–H and O–H groups in total.